The number of morpholine rings is 1. The molecule has 7 nitrogen and oxygen atoms in total. The van der Waals surface area contributed by atoms with Crippen molar-refractivity contribution in [1.29, 1.82) is 0 Å². The summed E-state index contributed by atoms with van der Waals surface area (Å²) < 4.78 is 16.7. The zero-order valence-electron chi connectivity index (χ0n) is 18.1. The molecule has 2 heterocycles. The predicted molar refractivity (Wildman–Crippen MR) is 115 cm³/mol. The quantitative estimate of drug-likeness (QED) is 0.536. The Hall–Kier alpha value is -1.83. The van der Waals surface area contributed by atoms with Gasteiger partial charge in [-0.05, 0) is 24.1 Å². The molecule has 2 aliphatic heterocycles. The molecule has 0 spiro atoms. The second-order valence-electron chi connectivity index (χ2n) is 8.10. The Bertz CT molecular complexity index is 663. The molecule has 168 valence electrons. The normalized spacial score (nSPS) is 18.6. The molecule has 0 saturated carbocycles. The van der Waals surface area contributed by atoms with E-state index in [1.54, 1.807) is 0 Å². The summed E-state index contributed by atoms with van der Waals surface area (Å²) in [4.78, 5) is 14.8. The third-order valence-electron chi connectivity index (χ3n) is 5.70. The highest BCUT2D eigenvalue weighted by molar-refractivity contribution is 5.76. The number of amides is 1. The first-order chi connectivity index (χ1) is 14.7. The van der Waals surface area contributed by atoms with Crippen LogP contribution in [0.5, 0.6) is 11.5 Å². The number of ether oxygens (including phenoxy) is 3. The van der Waals surface area contributed by atoms with Gasteiger partial charge in [-0.1, -0.05) is 38.7 Å². The number of nitrogens with zero attached hydrogens (tertiary/aromatic N) is 1. The molecule has 1 saturated heterocycles. The number of carbonyl (C=O) groups is 1. The number of unbranched alkanes of at least 4 members (excludes halogenated alkanes) is 4. The maximum Gasteiger partial charge on any atom is 0.220 e. The predicted octanol–water partition coefficient (Wildman–Crippen LogP) is 2.67. The van der Waals surface area contributed by atoms with Gasteiger partial charge in [-0.2, -0.15) is 0 Å². The molecule has 1 aromatic carbocycles. The highest BCUT2D eigenvalue weighted by Gasteiger charge is 2.27. The molecule has 30 heavy (non-hydrogen) atoms. The fourth-order valence-corrected chi connectivity index (χ4v) is 3.93. The van der Waals surface area contributed by atoms with Crippen molar-refractivity contribution >= 4 is 5.91 Å². The lowest BCUT2D eigenvalue weighted by molar-refractivity contribution is -0.123. The van der Waals surface area contributed by atoms with Crippen LogP contribution in [0, 0.1) is 0 Å². The third-order valence-corrected chi connectivity index (χ3v) is 5.70. The van der Waals surface area contributed by atoms with Crippen molar-refractivity contribution in [2.45, 2.75) is 57.6 Å². The van der Waals surface area contributed by atoms with Gasteiger partial charge in [0.1, 0.15) is 19.3 Å². The molecule has 2 N–H and O–H groups in total. The van der Waals surface area contributed by atoms with Crippen LogP contribution in [0.25, 0.3) is 0 Å². The second kappa shape index (κ2) is 12.1. The molecule has 2 unspecified atom stereocenters. The lowest BCUT2D eigenvalue weighted by Gasteiger charge is -2.33. The summed E-state index contributed by atoms with van der Waals surface area (Å²) in [6.45, 7) is 6.76. The zero-order chi connectivity index (χ0) is 21.2. The topological polar surface area (TPSA) is 80.3 Å². The maximum absolute atomic E-state index is 12.6. The van der Waals surface area contributed by atoms with Gasteiger partial charge in [0.05, 0.1) is 19.3 Å². The van der Waals surface area contributed by atoms with Crippen LogP contribution >= 0.6 is 0 Å². The molecule has 1 aromatic rings. The number of rotatable bonds is 11. The maximum atomic E-state index is 12.6. The van der Waals surface area contributed by atoms with Crippen LogP contribution in [-0.2, 0) is 9.53 Å². The SMILES string of the molecule is CCCCCCCC(=O)NC(CN1CCOCC1)C(O)c1ccc2c(c1)OCCO2. The van der Waals surface area contributed by atoms with Gasteiger partial charge in [0.2, 0.25) is 5.91 Å². The number of benzene rings is 1. The van der Waals surface area contributed by atoms with Crippen LogP contribution in [0.15, 0.2) is 18.2 Å². The number of fused-ring (bicyclic) bond motifs is 1. The summed E-state index contributed by atoms with van der Waals surface area (Å²) >= 11 is 0. The number of aliphatic hydroxyl groups excluding tert-OH is 1. The zero-order valence-corrected chi connectivity index (χ0v) is 18.1. The average molecular weight is 421 g/mol. The van der Waals surface area contributed by atoms with E-state index in [9.17, 15) is 9.90 Å². The monoisotopic (exact) mass is 420 g/mol. The first kappa shape index (κ1) is 22.8. The molecule has 3 rings (SSSR count). The fourth-order valence-electron chi connectivity index (χ4n) is 3.93. The molecular weight excluding hydrogens is 384 g/mol. The molecule has 7 heteroatoms. The summed E-state index contributed by atoms with van der Waals surface area (Å²) in [5.74, 6) is 1.34. The number of hydrogen-bond donors (Lipinski definition) is 2. The third kappa shape index (κ3) is 6.86. The van der Waals surface area contributed by atoms with Crippen LogP contribution in [0.1, 0.15) is 57.1 Å². The van der Waals surface area contributed by atoms with Crippen molar-refractivity contribution in [2.24, 2.45) is 0 Å². The molecule has 0 aromatic heterocycles. The molecule has 0 bridgehead atoms. The van der Waals surface area contributed by atoms with E-state index in [2.05, 4.69) is 17.1 Å². The molecule has 1 amide bonds. The Labute approximate surface area is 179 Å². The summed E-state index contributed by atoms with van der Waals surface area (Å²) in [5, 5.41) is 14.2. The number of aliphatic hydroxyl groups is 1. The van der Waals surface area contributed by atoms with Gasteiger partial charge in [0.15, 0.2) is 11.5 Å². The molecule has 2 atom stereocenters. The van der Waals surface area contributed by atoms with E-state index >= 15 is 0 Å². The van der Waals surface area contributed by atoms with E-state index in [1.807, 2.05) is 18.2 Å². The lowest BCUT2D eigenvalue weighted by atomic mass is 10.00. The summed E-state index contributed by atoms with van der Waals surface area (Å²) in [6, 6.07) is 5.10. The Morgan fingerprint density at radius 3 is 2.57 bits per heavy atom. The largest absolute Gasteiger partial charge is 0.486 e. The Morgan fingerprint density at radius 1 is 1.07 bits per heavy atom. The average Bonchev–Trinajstić information content (AvgIpc) is 2.78. The smallest absolute Gasteiger partial charge is 0.220 e. The van der Waals surface area contributed by atoms with Crippen molar-refractivity contribution in [3.63, 3.8) is 0 Å². The van der Waals surface area contributed by atoms with Crippen molar-refractivity contribution in [3.8, 4) is 11.5 Å². The van der Waals surface area contributed by atoms with Gasteiger partial charge in [-0.25, -0.2) is 0 Å². The Morgan fingerprint density at radius 2 is 1.80 bits per heavy atom. The highest BCUT2D eigenvalue weighted by Crippen LogP contribution is 2.33. The van der Waals surface area contributed by atoms with Gasteiger partial charge in [-0.3, -0.25) is 9.69 Å². The standard InChI is InChI=1S/C23H36N2O5/c1-2-3-4-5-6-7-22(26)24-19(17-25-10-12-28-13-11-25)23(27)18-8-9-20-21(16-18)30-15-14-29-20/h8-9,16,19,23,27H,2-7,10-15,17H2,1H3,(H,24,26). The minimum atomic E-state index is -0.826. The van der Waals surface area contributed by atoms with Crippen LogP contribution in [0.2, 0.25) is 0 Å². The first-order valence-electron chi connectivity index (χ1n) is 11.3. The van der Waals surface area contributed by atoms with E-state index in [4.69, 9.17) is 14.2 Å². The van der Waals surface area contributed by atoms with Crippen LogP contribution < -0.4 is 14.8 Å². The molecule has 0 aliphatic carbocycles. The minimum Gasteiger partial charge on any atom is -0.486 e. The van der Waals surface area contributed by atoms with E-state index in [1.165, 1.54) is 19.3 Å². The van der Waals surface area contributed by atoms with Crippen LogP contribution in [0.3, 0.4) is 0 Å². The Kier molecular flexibility index (Phi) is 9.24. The van der Waals surface area contributed by atoms with Gasteiger partial charge in [0.25, 0.3) is 0 Å². The van der Waals surface area contributed by atoms with Crippen molar-refractivity contribution in [2.75, 3.05) is 46.1 Å². The lowest BCUT2D eigenvalue weighted by Crippen LogP contribution is -2.49. The van der Waals surface area contributed by atoms with E-state index in [0.717, 1.165) is 31.5 Å². The minimum absolute atomic E-state index is 0.00125. The van der Waals surface area contributed by atoms with Crippen molar-refractivity contribution in [1.82, 2.24) is 10.2 Å². The number of hydrogen-bond acceptors (Lipinski definition) is 6. The number of carbonyl (C=O) groups excluding carboxylic acids is 1. The van der Waals surface area contributed by atoms with Gasteiger partial charge < -0.3 is 24.6 Å². The first-order valence-corrected chi connectivity index (χ1v) is 11.3. The van der Waals surface area contributed by atoms with Crippen LogP contribution in [0.4, 0.5) is 0 Å². The van der Waals surface area contributed by atoms with Gasteiger partial charge in [0, 0.05) is 26.1 Å². The summed E-state index contributed by atoms with van der Waals surface area (Å²) in [7, 11) is 0. The summed E-state index contributed by atoms with van der Waals surface area (Å²) in [6.07, 6.45) is 5.20. The van der Waals surface area contributed by atoms with E-state index in [0.29, 0.717) is 50.9 Å². The molecule has 2 aliphatic rings. The van der Waals surface area contributed by atoms with Crippen LogP contribution in [-0.4, -0.2) is 68.0 Å². The van der Waals surface area contributed by atoms with Crippen molar-refractivity contribution in [3.05, 3.63) is 23.8 Å². The molecular formula is C23H36N2O5. The van der Waals surface area contributed by atoms with E-state index < -0.39 is 12.1 Å². The Balaban J connectivity index is 1.62. The fraction of sp³-hybridized carbons (Fsp3) is 0.696. The van der Waals surface area contributed by atoms with Gasteiger partial charge >= 0.3 is 0 Å². The highest BCUT2D eigenvalue weighted by atomic mass is 16.6. The second-order valence-corrected chi connectivity index (χ2v) is 8.10. The van der Waals surface area contributed by atoms with Crippen molar-refractivity contribution < 1.29 is 24.1 Å². The number of nitrogens with one attached hydrogen (secondary N) is 1. The van der Waals surface area contributed by atoms with Gasteiger partial charge in [-0.15, -0.1) is 0 Å². The molecule has 0 radical (unpaired) electrons. The summed E-state index contributed by atoms with van der Waals surface area (Å²) in [5.41, 5.74) is 0.723. The van der Waals surface area contributed by atoms with E-state index in [-0.39, 0.29) is 5.91 Å². The molecule has 1 fully saturated rings.